The van der Waals surface area contributed by atoms with Gasteiger partial charge >= 0.3 is 94.8 Å². The summed E-state index contributed by atoms with van der Waals surface area (Å²) in [5.74, 6) is 0. The Balaban J connectivity index is 2.33. The van der Waals surface area contributed by atoms with Crippen molar-refractivity contribution in [3.8, 4) is 11.1 Å². The van der Waals surface area contributed by atoms with Crippen LogP contribution in [0, 0.1) is 0 Å². The Morgan fingerprint density at radius 2 is 1.67 bits per heavy atom. The molecule has 0 radical (unpaired) electrons. The summed E-state index contributed by atoms with van der Waals surface area (Å²) >= 11 is -1.87. The zero-order valence-electron chi connectivity index (χ0n) is 9.41. The van der Waals surface area contributed by atoms with E-state index in [1.165, 1.54) is 5.56 Å². The molecule has 0 spiro atoms. The normalized spacial score (nSPS) is 11.7. The fourth-order valence-electron chi connectivity index (χ4n) is 1.57. The monoisotopic (exact) mass is 308 g/mol. The SMILES string of the molecule is [CH3][Sn]([CH3])([CH3])[c]1ccc(-c2cn[nH]c2)cc1. The zero-order chi connectivity index (χ0) is 10.9. The van der Waals surface area contributed by atoms with Gasteiger partial charge in [0, 0.05) is 0 Å². The maximum absolute atomic E-state index is 3.96. The van der Waals surface area contributed by atoms with Crippen molar-refractivity contribution in [2.45, 2.75) is 14.8 Å². The van der Waals surface area contributed by atoms with Gasteiger partial charge in [-0.25, -0.2) is 0 Å². The van der Waals surface area contributed by atoms with E-state index in [-0.39, 0.29) is 0 Å². The molecule has 78 valence electrons. The number of benzene rings is 1. The van der Waals surface area contributed by atoms with Crippen LogP contribution in [-0.4, -0.2) is 28.6 Å². The third-order valence-corrected chi connectivity index (χ3v) is 8.48. The summed E-state index contributed by atoms with van der Waals surface area (Å²) in [6.45, 7) is 0. The number of nitrogens with one attached hydrogen (secondary N) is 1. The molecule has 1 heterocycles. The van der Waals surface area contributed by atoms with E-state index in [0.29, 0.717) is 0 Å². The van der Waals surface area contributed by atoms with Crippen LogP contribution >= 0.6 is 0 Å². The second-order valence-electron chi connectivity index (χ2n) is 4.81. The topological polar surface area (TPSA) is 28.7 Å². The van der Waals surface area contributed by atoms with E-state index in [9.17, 15) is 0 Å². The van der Waals surface area contributed by atoms with E-state index in [1.807, 2.05) is 12.4 Å². The molecule has 0 bridgehead atoms. The summed E-state index contributed by atoms with van der Waals surface area (Å²) in [6, 6.07) is 8.95. The molecule has 0 aliphatic carbocycles. The predicted octanol–water partition coefficient (Wildman–Crippen LogP) is 2.62. The predicted molar refractivity (Wildman–Crippen MR) is 67.0 cm³/mol. The van der Waals surface area contributed by atoms with E-state index >= 15 is 0 Å². The van der Waals surface area contributed by atoms with Gasteiger partial charge in [0.15, 0.2) is 0 Å². The molecule has 0 unspecified atom stereocenters. The molecule has 1 aromatic heterocycles. The number of rotatable bonds is 2. The minimum absolute atomic E-state index is 1.16. The summed E-state index contributed by atoms with van der Waals surface area (Å²) in [4.78, 5) is 7.30. The number of aromatic nitrogens is 2. The molecule has 0 amide bonds. The van der Waals surface area contributed by atoms with Crippen molar-refractivity contribution >= 4 is 22.0 Å². The van der Waals surface area contributed by atoms with Crippen molar-refractivity contribution in [3.05, 3.63) is 36.7 Å². The quantitative estimate of drug-likeness (QED) is 0.849. The third kappa shape index (κ3) is 2.42. The summed E-state index contributed by atoms with van der Waals surface area (Å²) < 4.78 is 1.57. The molecule has 0 aliphatic rings. The van der Waals surface area contributed by atoms with E-state index in [0.717, 1.165) is 5.56 Å². The zero-order valence-corrected chi connectivity index (χ0v) is 12.3. The molecular weight excluding hydrogens is 291 g/mol. The molecular formula is C12H16N2Sn. The van der Waals surface area contributed by atoms with Crippen molar-refractivity contribution in [2.24, 2.45) is 0 Å². The molecule has 2 aromatic rings. The van der Waals surface area contributed by atoms with Crippen LogP contribution in [-0.2, 0) is 0 Å². The van der Waals surface area contributed by atoms with E-state index in [4.69, 9.17) is 0 Å². The van der Waals surface area contributed by atoms with Gasteiger partial charge in [-0.3, -0.25) is 0 Å². The second-order valence-corrected chi connectivity index (χ2v) is 19.3. The second kappa shape index (κ2) is 4.00. The van der Waals surface area contributed by atoms with Crippen LogP contribution in [0.15, 0.2) is 36.7 Å². The Labute approximate surface area is 94.6 Å². The van der Waals surface area contributed by atoms with Crippen molar-refractivity contribution in [1.29, 1.82) is 0 Å². The van der Waals surface area contributed by atoms with Gasteiger partial charge in [-0.15, -0.1) is 0 Å². The van der Waals surface area contributed by atoms with Crippen LogP contribution in [0.3, 0.4) is 0 Å². The molecule has 2 nitrogen and oxygen atoms in total. The first-order valence-corrected chi connectivity index (χ1v) is 15.2. The van der Waals surface area contributed by atoms with Gasteiger partial charge < -0.3 is 0 Å². The van der Waals surface area contributed by atoms with Gasteiger partial charge in [0.05, 0.1) is 0 Å². The molecule has 15 heavy (non-hydrogen) atoms. The number of nitrogens with zero attached hydrogens (tertiary/aromatic N) is 1. The Morgan fingerprint density at radius 1 is 1.00 bits per heavy atom. The molecule has 3 heteroatoms. The summed E-state index contributed by atoms with van der Waals surface area (Å²) in [5.41, 5.74) is 2.40. The van der Waals surface area contributed by atoms with E-state index in [2.05, 4.69) is 49.3 Å². The molecule has 1 N–H and O–H groups in total. The summed E-state index contributed by atoms with van der Waals surface area (Å²) in [5, 5.41) is 6.79. The van der Waals surface area contributed by atoms with Gasteiger partial charge in [-0.1, -0.05) is 0 Å². The Morgan fingerprint density at radius 3 is 2.13 bits per heavy atom. The van der Waals surface area contributed by atoms with Crippen LogP contribution in [0.2, 0.25) is 14.8 Å². The molecule has 0 aliphatic heterocycles. The molecule has 0 fully saturated rings. The maximum atomic E-state index is 3.96. The van der Waals surface area contributed by atoms with Crippen LogP contribution in [0.5, 0.6) is 0 Å². The number of hydrogen-bond acceptors (Lipinski definition) is 1. The standard InChI is InChI=1S/C9H7N2.3CH3.Sn/c1-2-4-8(5-3-1)9-6-10-11-7-9;;;;/h2-7H,(H,10,11);3*1H3;. The Bertz CT molecular complexity index is 424. The third-order valence-electron chi connectivity index (χ3n) is 2.58. The fourth-order valence-corrected chi connectivity index (χ4v) is 4.90. The van der Waals surface area contributed by atoms with Gasteiger partial charge in [-0.05, 0) is 0 Å². The van der Waals surface area contributed by atoms with Crippen LogP contribution < -0.4 is 3.58 Å². The van der Waals surface area contributed by atoms with Crippen LogP contribution in [0.1, 0.15) is 0 Å². The van der Waals surface area contributed by atoms with Gasteiger partial charge in [0.1, 0.15) is 0 Å². The number of H-pyrrole nitrogens is 1. The van der Waals surface area contributed by atoms with E-state index in [1.54, 1.807) is 3.58 Å². The van der Waals surface area contributed by atoms with Gasteiger partial charge in [-0.2, -0.15) is 0 Å². The molecule has 0 saturated carbocycles. The summed E-state index contributed by atoms with van der Waals surface area (Å²) in [6.07, 6.45) is 3.78. The first-order chi connectivity index (χ1) is 7.07. The Kier molecular flexibility index (Phi) is 2.87. The molecule has 1 aromatic carbocycles. The molecule has 0 atom stereocenters. The summed E-state index contributed by atoms with van der Waals surface area (Å²) in [7, 11) is 0. The average molecular weight is 307 g/mol. The van der Waals surface area contributed by atoms with Crippen molar-refractivity contribution in [3.63, 3.8) is 0 Å². The molecule has 2 rings (SSSR count). The van der Waals surface area contributed by atoms with Gasteiger partial charge in [0.25, 0.3) is 0 Å². The minimum atomic E-state index is -1.87. The van der Waals surface area contributed by atoms with Crippen molar-refractivity contribution in [2.75, 3.05) is 0 Å². The van der Waals surface area contributed by atoms with Crippen LogP contribution in [0.25, 0.3) is 11.1 Å². The number of hydrogen-bond donors (Lipinski definition) is 1. The fraction of sp³-hybridized carbons (Fsp3) is 0.250. The molecule has 0 saturated heterocycles. The average Bonchev–Trinajstić information content (AvgIpc) is 2.69. The van der Waals surface area contributed by atoms with Crippen molar-refractivity contribution < 1.29 is 0 Å². The first kappa shape index (κ1) is 10.7. The van der Waals surface area contributed by atoms with E-state index < -0.39 is 18.4 Å². The van der Waals surface area contributed by atoms with Crippen molar-refractivity contribution in [1.82, 2.24) is 10.2 Å². The van der Waals surface area contributed by atoms with Gasteiger partial charge in [0.2, 0.25) is 0 Å². The Hall–Kier alpha value is -0.771. The van der Waals surface area contributed by atoms with Crippen LogP contribution in [0.4, 0.5) is 0 Å². The first-order valence-electron chi connectivity index (χ1n) is 5.17. The number of aromatic amines is 1.